The number of hydrogen-bond donors (Lipinski definition) is 1. The normalized spacial score (nSPS) is 15.9. The quantitative estimate of drug-likeness (QED) is 0.600. The van der Waals surface area contributed by atoms with Crippen LogP contribution in [0.1, 0.15) is 26.7 Å². The third kappa shape index (κ3) is 4.27. The molecule has 0 aliphatic rings. The third-order valence-electron chi connectivity index (χ3n) is 1.21. The molecular weight excluding hydrogens is 128 g/mol. The van der Waals surface area contributed by atoms with Crippen LogP contribution in [0, 0.1) is 0 Å². The zero-order valence-corrected chi connectivity index (χ0v) is 6.55. The van der Waals surface area contributed by atoms with Crippen LogP contribution in [-0.2, 0) is 4.79 Å². The minimum atomic E-state index is -0.895. The molecule has 0 amide bonds. The van der Waals surface area contributed by atoms with E-state index in [1.165, 1.54) is 6.92 Å². The molecule has 1 atom stereocenters. The van der Waals surface area contributed by atoms with Crippen molar-refractivity contribution in [3.05, 3.63) is 12.7 Å². The Balaban J connectivity index is 3.85. The van der Waals surface area contributed by atoms with Crippen molar-refractivity contribution in [1.29, 1.82) is 0 Å². The topological polar surface area (TPSA) is 37.3 Å². The predicted octanol–water partition coefficient (Wildman–Crippen LogP) is 1.29. The van der Waals surface area contributed by atoms with Gasteiger partial charge in [-0.05, 0) is 20.3 Å². The second-order valence-corrected chi connectivity index (χ2v) is 2.87. The number of hydrogen-bond acceptors (Lipinski definition) is 2. The summed E-state index contributed by atoms with van der Waals surface area (Å²) >= 11 is 0. The van der Waals surface area contributed by atoms with E-state index < -0.39 is 5.60 Å². The molecule has 0 aromatic rings. The van der Waals surface area contributed by atoms with E-state index in [0.29, 0.717) is 6.42 Å². The van der Waals surface area contributed by atoms with Crippen LogP contribution in [0.2, 0.25) is 0 Å². The average Bonchev–Trinajstić information content (AvgIpc) is 1.59. The van der Waals surface area contributed by atoms with Gasteiger partial charge < -0.3 is 5.11 Å². The Morgan fingerprint density at radius 1 is 1.80 bits per heavy atom. The molecule has 0 bridgehead atoms. The highest BCUT2D eigenvalue weighted by atomic mass is 16.3. The number of ketones is 1. The van der Waals surface area contributed by atoms with Gasteiger partial charge in [0.15, 0.2) is 0 Å². The summed E-state index contributed by atoms with van der Waals surface area (Å²) < 4.78 is 0. The van der Waals surface area contributed by atoms with Gasteiger partial charge in [-0.25, -0.2) is 0 Å². The predicted molar refractivity (Wildman–Crippen MR) is 40.7 cm³/mol. The van der Waals surface area contributed by atoms with Crippen LogP contribution in [0.4, 0.5) is 0 Å². The lowest BCUT2D eigenvalue weighted by Crippen LogP contribution is -2.25. The van der Waals surface area contributed by atoms with Gasteiger partial charge in [0.2, 0.25) is 0 Å². The Bertz CT molecular complexity index is 136. The van der Waals surface area contributed by atoms with E-state index in [9.17, 15) is 9.90 Å². The molecule has 0 radical (unpaired) electrons. The van der Waals surface area contributed by atoms with Crippen LogP contribution in [-0.4, -0.2) is 16.5 Å². The van der Waals surface area contributed by atoms with E-state index in [1.807, 2.05) is 0 Å². The molecular formula is C8H14O2. The molecule has 2 nitrogen and oxygen atoms in total. The Morgan fingerprint density at radius 3 is 2.60 bits per heavy atom. The summed E-state index contributed by atoms with van der Waals surface area (Å²) in [7, 11) is 0. The van der Waals surface area contributed by atoms with Gasteiger partial charge in [-0.3, -0.25) is 4.79 Å². The van der Waals surface area contributed by atoms with Crippen LogP contribution < -0.4 is 0 Å². The Labute approximate surface area is 61.6 Å². The zero-order chi connectivity index (χ0) is 8.20. The molecule has 0 saturated heterocycles. The molecule has 0 heterocycles. The van der Waals surface area contributed by atoms with Crippen molar-refractivity contribution >= 4 is 5.78 Å². The molecule has 0 saturated carbocycles. The van der Waals surface area contributed by atoms with Gasteiger partial charge >= 0.3 is 0 Å². The van der Waals surface area contributed by atoms with Crippen LogP contribution >= 0.6 is 0 Å². The fourth-order valence-corrected chi connectivity index (χ4v) is 0.919. The molecule has 0 aliphatic carbocycles. The standard InChI is InChI=1S/C8H14O2/c1-4-5-8(3,10)6-7(2)9/h4,10H,1,5-6H2,2-3H3/t8-/m1/s1. The maximum absolute atomic E-state index is 10.5. The summed E-state index contributed by atoms with van der Waals surface area (Å²) in [5, 5.41) is 9.39. The van der Waals surface area contributed by atoms with Crippen LogP contribution in [0.3, 0.4) is 0 Å². The maximum atomic E-state index is 10.5. The lowest BCUT2D eigenvalue weighted by atomic mass is 9.96. The number of rotatable bonds is 4. The highest BCUT2D eigenvalue weighted by Gasteiger charge is 2.19. The Kier molecular flexibility index (Phi) is 3.30. The first-order valence-corrected chi connectivity index (χ1v) is 3.30. The van der Waals surface area contributed by atoms with Crippen LogP contribution in [0.15, 0.2) is 12.7 Å². The Morgan fingerprint density at radius 2 is 2.30 bits per heavy atom. The van der Waals surface area contributed by atoms with Crippen molar-refractivity contribution in [2.24, 2.45) is 0 Å². The SMILES string of the molecule is C=CC[C@@](C)(O)CC(C)=O. The van der Waals surface area contributed by atoms with Crippen LogP contribution in [0.25, 0.3) is 0 Å². The van der Waals surface area contributed by atoms with Crippen molar-refractivity contribution in [2.75, 3.05) is 0 Å². The van der Waals surface area contributed by atoms with Gasteiger partial charge in [-0.1, -0.05) is 6.08 Å². The molecule has 10 heavy (non-hydrogen) atoms. The third-order valence-corrected chi connectivity index (χ3v) is 1.21. The van der Waals surface area contributed by atoms with Crippen molar-refractivity contribution < 1.29 is 9.90 Å². The van der Waals surface area contributed by atoms with Crippen molar-refractivity contribution in [2.45, 2.75) is 32.3 Å². The molecule has 0 spiro atoms. The van der Waals surface area contributed by atoms with Gasteiger partial charge in [0, 0.05) is 6.42 Å². The minimum absolute atomic E-state index is 0.00634. The maximum Gasteiger partial charge on any atom is 0.132 e. The molecule has 58 valence electrons. The lowest BCUT2D eigenvalue weighted by molar-refractivity contribution is -0.121. The van der Waals surface area contributed by atoms with Crippen molar-refractivity contribution in [1.82, 2.24) is 0 Å². The molecule has 0 fully saturated rings. The number of aliphatic hydroxyl groups is 1. The molecule has 0 aliphatic heterocycles. The summed E-state index contributed by atoms with van der Waals surface area (Å²) in [5.41, 5.74) is -0.895. The van der Waals surface area contributed by atoms with E-state index in [2.05, 4.69) is 6.58 Å². The van der Waals surface area contributed by atoms with E-state index in [0.717, 1.165) is 0 Å². The lowest BCUT2D eigenvalue weighted by Gasteiger charge is -2.18. The van der Waals surface area contributed by atoms with Gasteiger partial charge in [-0.2, -0.15) is 0 Å². The minimum Gasteiger partial charge on any atom is -0.389 e. The van der Waals surface area contributed by atoms with E-state index in [1.54, 1.807) is 13.0 Å². The molecule has 2 heteroatoms. The van der Waals surface area contributed by atoms with E-state index in [-0.39, 0.29) is 12.2 Å². The molecule has 0 unspecified atom stereocenters. The van der Waals surface area contributed by atoms with Crippen molar-refractivity contribution in [3.8, 4) is 0 Å². The fourth-order valence-electron chi connectivity index (χ4n) is 0.919. The summed E-state index contributed by atoms with van der Waals surface area (Å²) in [6.07, 6.45) is 2.29. The van der Waals surface area contributed by atoms with E-state index >= 15 is 0 Å². The number of Topliss-reactive ketones (excluding diaryl/α,β-unsaturated/α-hetero) is 1. The van der Waals surface area contributed by atoms with Gasteiger partial charge in [0.25, 0.3) is 0 Å². The summed E-state index contributed by atoms with van der Waals surface area (Å²) in [6, 6.07) is 0. The van der Waals surface area contributed by atoms with Gasteiger partial charge in [-0.15, -0.1) is 6.58 Å². The second kappa shape index (κ2) is 3.52. The molecule has 0 aromatic carbocycles. The highest BCUT2D eigenvalue weighted by molar-refractivity contribution is 5.76. The number of carbonyl (C=O) groups is 1. The fraction of sp³-hybridized carbons (Fsp3) is 0.625. The second-order valence-electron chi connectivity index (χ2n) is 2.87. The monoisotopic (exact) mass is 142 g/mol. The zero-order valence-electron chi connectivity index (χ0n) is 6.55. The molecule has 1 N–H and O–H groups in total. The van der Waals surface area contributed by atoms with Gasteiger partial charge in [0.1, 0.15) is 5.78 Å². The summed E-state index contributed by atoms with van der Waals surface area (Å²) in [5.74, 6) is 0.00634. The molecule has 0 rings (SSSR count). The van der Waals surface area contributed by atoms with E-state index in [4.69, 9.17) is 0 Å². The first kappa shape index (κ1) is 9.37. The van der Waals surface area contributed by atoms with Crippen LogP contribution in [0.5, 0.6) is 0 Å². The van der Waals surface area contributed by atoms with Gasteiger partial charge in [0.05, 0.1) is 5.60 Å². The van der Waals surface area contributed by atoms with Crippen molar-refractivity contribution in [3.63, 3.8) is 0 Å². The summed E-state index contributed by atoms with van der Waals surface area (Å²) in [6.45, 7) is 6.59. The number of carbonyl (C=O) groups excluding carboxylic acids is 1. The first-order valence-electron chi connectivity index (χ1n) is 3.30. The largest absolute Gasteiger partial charge is 0.389 e. The first-order chi connectivity index (χ1) is 4.48. The Hall–Kier alpha value is -0.630. The average molecular weight is 142 g/mol. The highest BCUT2D eigenvalue weighted by Crippen LogP contribution is 2.14. The summed E-state index contributed by atoms with van der Waals surface area (Å²) in [4.78, 5) is 10.5. The smallest absolute Gasteiger partial charge is 0.132 e. The molecule has 0 aromatic heterocycles.